The molecule has 1 amide bonds. The summed E-state index contributed by atoms with van der Waals surface area (Å²) in [6.45, 7) is 3.95. The minimum atomic E-state index is -0.341. The molecular formula is C19H22N4O3. The van der Waals surface area contributed by atoms with Crippen molar-refractivity contribution >= 4 is 17.3 Å². The number of aromatic nitrogens is 1. The molecule has 0 unspecified atom stereocenters. The number of nitrogens with zero attached hydrogens (tertiary/aromatic N) is 3. The van der Waals surface area contributed by atoms with Crippen LogP contribution in [0.4, 0.5) is 0 Å². The molecule has 1 heterocycles. The largest absolute Gasteiger partial charge is 0.398 e. The number of oxime groups is 2. The molecule has 0 radical (unpaired) electrons. The maximum atomic E-state index is 12.1. The number of rotatable bonds is 7. The molecule has 2 aromatic rings. The molecule has 1 N–H and O–H groups in total. The summed E-state index contributed by atoms with van der Waals surface area (Å²) in [7, 11) is 2.94. The molecule has 1 aromatic heterocycles. The summed E-state index contributed by atoms with van der Waals surface area (Å²) in [5, 5.41) is 10.6. The zero-order valence-corrected chi connectivity index (χ0v) is 15.3. The molecule has 0 saturated heterocycles. The number of nitrogens with one attached hydrogen (secondary N) is 1. The Labute approximate surface area is 152 Å². The van der Waals surface area contributed by atoms with E-state index in [1.165, 1.54) is 7.11 Å². The van der Waals surface area contributed by atoms with Crippen LogP contribution in [-0.4, -0.2) is 36.5 Å². The van der Waals surface area contributed by atoms with Crippen molar-refractivity contribution in [3.8, 4) is 0 Å². The van der Waals surface area contributed by atoms with E-state index in [1.54, 1.807) is 19.3 Å². The molecule has 26 heavy (non-hydrogen) atoms. The fourth-order valence-electron chi connectivity index (χ4n) is 2.36. The summed E-state index contributed by atoms with van der Waals surface area (Å²) in [4.78, 5) is 26.7. The van der Waals surface area contributed by atoms with Crippen LogP contribution in [0.5, 0.6) is 0 Å². The molecule has 0 aliphatic heterocycles. The van der Waals surface area contributed by atoms with Gasteiger partial charge in [0.2, 0.25) is 0 Å². The van der Waals surface area contributed by atoms with Gasteiger partial charge in [0.25, 0.3) is 5.91 Å². The summed E-state index contributed by atoms with van der Waals surface area (Å²) in [6, 6.07) is 11.2. The average molecular weight is 354 g/mol. The van der Waals surface area contributed by atoms with Crippen LogP contribution in [0, 0.1) is 6.92 Å². The first kappa shape index (κ1) is 19.1. The Hall–Kier alpha value is -3.22. The van der Waals surface area contributed by atoms with Gasteiger partial charge in [-0.1, -0.05) is 34.6 Å². The van der Waals surface area contributed by atoms with Gasteiger partial charge < -0.3 is 15.0 Å². The number of likely N-dealkylation sites (N-methyl/N-ethyl adjacent to an activating group) is 1. The fraction of sp³-hybridized carbons (Fsp3) is 0.263. The van der Waals surface area contributed by atoms with Crippen molar-refractivity contribution in [1.82, 2.24) is 10.3 Å². The molecule has 0 aliphatic carbocycles. The van der Waals surface area contributed by atoms with E-state index in [9.17, 15) is 4.79 Å². The molecule has 1 aromatic carbocycles. The molecule has 0 fully saturated rings. The third-order valence-corrected chi connectivity index (χ3v) is 3.74. The maximum Gasteiger partial charge on any atom is 0.273 e. The fourth-order valence-corrected chi connectivity index (χ4v) is 2.36. The first-order valence-electron chi connectivity index (χ1n) is 8.08. The van der Waals surface area contributed by atoms with Crippen LogP contribution in [-0.2, 0) is 21.1 Å². The molecule has 7 heteroatoms. The van der Waals surface area contributed by atoms with Crippen molar-refractivity contribution in [1.29, 1.82) is 0 Å². The van der Waals surface area contributed by atoms with E-state index in [1.807, 2.05) is 44.2 Å². The molecule has 0 atom stereocenters. The second-order valence-electron chi connectivity index (χ2n) is 5.47. The second-order valence-corrected chi connectivity index (χ2v) is 5.47. The van der Waals surface area contributed by atoms with Gasteiger partial charge in [0.05, 0.1) is 5.69 Å². The lowest BCUT2D eigenvalue weighted by Gasteiger charge is -2.13. The number of carbonyl (C=O) groups excluding carboxylic acids is 1. The van der Waals surface area contributed by atoms with Gasteiger partial charge in [-0.05, 0) is 31.5 Å². The Morgan fingerprint density at radius 3 is 2.65 bits per heavy atom. The van der Waals surface area contributed by atoms with Crippen molar-refractivity contribution in [2.45, 2.75) is 20.5 Å². The van der Waals surface area contributed by atoms with Gasteiger partial charge in [-0.25, -0.2) is 0 Å². The predicted molar refractivity (Wildman–Crippen MR) is 100 cm³/mol. The summed E-state index contributed by atoms with van der Waals surface area (Å²) >= 11 is 0. The minimum absolute atomic E-state index is 0.183. The number of benzene rings is 1. The first-order chi connectivity index (χ1) is 12.6. The van der Waals surface area contributed by atoms with Crippen molar-refractivity contribution in [3.63, 3.8) is 0 Å². The highest BCUT2D eigenvalue weighted by molar-refractivity contribution is 6.45. The monoisotopic (exact) mass is 354 g/mol. The van der Waals surface area contributed by atoms with E-state index < -0.39 is 0 Å². The van der Waals surface area contributed by atoms with Gasteiger partial charge in [-0.3, -0.25) is 9.78 Å². The number of hydrogen-bond donors (Lipinski definition) is 1. The quantitative estimate of drug-likeness (QED) is 0.611. The normalized spacial score (nSPS) is 11.8. The van der Waals surface area contributed by atoms with E-state index in [0.717, 1.165) is 16.8 Å². The van der Waals surface area contributed by atoms with Gasteiger partial charge in [0.15, 0.2) is 5.71 Å². The van der Waals surface area contributed by atoms with Crippen molar-refractivity contribution in [2.24, 2.45) is 10.3 Å². The van der Waals surface area contributed by atoms with Crippen LogP contribution in [0.25, 0.3) is 0 Å². The lowest BCUT2D eigenvalue weighted by molar-refractivity contribution is -0.114. The van der Waals surface area contributed by atoms with E-state index >= 15 is 0 Å². The maximum absolute atomic E-state index is 12.1. The highest BCUT2D eigenvalue weighted by Gasteiger charge is 2.19. The van der Waals surface area contributed by atoms with Crippen molar-refractivity contribution in [3.05, 3.63) is 65.0 Å². The molecule has 136 valence electrons. The van der Waals surface area contributed by atoms with Crippen LogP contribution in [0.15, 0.2) is 52.9 Å². The highest BCUT2D eigenvalue weighted by atomic mass is 16.6. The number of carbonyl (C=O) groups is 1. The number of pyridine rings is 1. The molecule has 0 aliphatic rings. The zero-order valence-electron chi connectivity index (χ0n) is 15.3. The molecule has 0 spiro atoms. The summed E-state index contributed by atoms with van der Waals surface area (Å²) in [6.07, 6.45) is 1.70. The number of hydrogen-bond acceptors (Lipinski definition) is 6. The van der Waals surface area contributed by atoms with E-state index in [0.29, 0.717) is 11.3 Å². The lowest BCUT2D eigenvalue weighted by atomic mass is 9.98. The van der Waals surface area contributed by atoms with Crippen LogP contribution in [0.2, 0.25) is 0 Å². The van der Waals surface area contributed by atoms with Crippen LogP contribution >= 0.6 is 0 Å². The van der Waals surface area contributed by atoms with Crippen molar-refractivity contribution < 1.29 is 14.5 Å². The number of aryl methyl sites for hydroxylation is 1. The molecular weight excluding hydrogens is 332 g/mol. The Morgan fingerprint density at radius 2 is 2.00 bits per heavy atom. The molecule has 2 rings (SSSR count). The molecule has 0 saturated carbocycles. The standard InChI is InChI=1S/C19H22N4O3/c1-13-8-7-9-15(18(23-25-4)19(24)20-3)16(13)12-26-22-14(2)17-10-5-6-11-21-17/h5-11H,12H2,1-4H3,(H,20,24)/b22-14+,23-18+. The predicted octanol–water partition coefficient (Wildman–Crippen LogP) is 2.43. The van der Waals surface area contributed by atoms with Crippen LogP contribution in [0.1, 0.15) is 29.3 Å². The summed E-state index contributed by atoms with van der Waals surface area (Å²) < 4.78 is 0. The Morgan fingerprint density at radius 1 is 1.19 bits per heavy atom. The topological polar surface area (TPSA) is 85.2 Å². The van der Waals surface area contributed by atoms with Gasteiger partial charge in [0, 0.05) is 24.4 Å². The Bertz CT molecular complexity index is 817. The Kier molecular flexibility index (Phi) is 6.84. The average Bonchev–Trinajstić information content (AvgIpc) is 2.67. The van der Waals surface area contributed by atoms with Gasteiger partial charge in [0.1, 0.15) is 19.4 Å². The third-order valence-electron chi connectivity index (χ3n) is 3.74. The summed E-state index contributed by atoms with van der Waals surface area (Å²) in [5.74, 6) is -0.341. The lowest BCUT2D eigenvalue weighted by Crippen LogP contribution is -2.29. The van der Waals surface area contributed by atoms with Gasteiger partial charge >= 0.3 is 0 Å². The second kappa shape index (κ2) is 9.31. The molecule has 7 nitrogen and oxygen atoms in total. The van der Waals surface area contributed by atoms with E-state index in [2.05, 4.69) is 20.6 Å². The Balaban J connectivity index is 2.27. The van der Waals surface area contributed by atoms with E-state index in [4.69, 9.17) is 9.68 Å². The van der Waals surface area contributed by atoms with E-state index in [-0.39, 0.29) is 18.2 Å². The molecule has 0 bridgehead atoms. The third kappa shape index (κ3) is 4.66. The van der Waals surface area contributed by atoms with Crippen LogP contribution < -0.4 is 5.32 Å². The van der Waals surface area contributed by atoms with Gasteiger partial charge in [-0.15, -0.1) is 0 Å². The SMILES string of the molecule is CNC(=O)/C(=N/OC)c1cccc(C)c1CO/N=C(\C)c1ccccn1. The zero-order chi connectivity index (χ0) is 18.9. The van der Waals surface area contributed by atoms with Crippen molar-refractivity contribution in [2.75, 3.05) is 14.2 Å². The number of amides is 1. The van der Waals surface area contributed by atoms with Crippen LogP contribution in [0.3, 0.4) is 0 Å². The summed E-state index contributed by atoms with van der Waals surface area (Å²) in [5.41, 5.74) is 3.99. The smallest absolute Gasteiger partial charge is 0.273 e. The van der Waals surface area contributed by atoms with Gasteiger partial charge in [-0.2, -0.15) is 0 Å². The highest BCUT2D eigenvalue weighted by Crippen LogP contribution is 2.17. The minimum Gasteiger partial charge on any atom is -0.398 e. The first-order valence-corrected chi connectivity index (χ1v) is 8.08.